The molecule has 1 saturated carbocycles. The molecule has 10 rings (SSSR count). The van der Waals surface area contributed by atoms with Crippen LogP contribution < -0.4 is 31.1 Å². The smallest absolute Gasteiger partial charge is 0.0866 e. The van der Waals surface area contributed by atoms with Crippen LogP contribution in [-0.2, 0) is 37.8 Å². The van der Waals surface area contributed by atoms with Crippen molar-refractivity contribution in [3.05, 3.63) is 253 Å². The Balaban J connectivity index is 0.000000485. The van der Waals surface area contributed by atoms with Crippen LogP contribution in [0.3, 0.4) is 0 Å². The Labute approximate surface area is 476 Å². The molecule has 8 aromatic rings. The summed E-state index contributed by atoms with van der Waals surface area (Å²) in [6.07, 6.45) is 7.91. The molecule has 77 heavy (non-hydrogen) atoms. The van der Waals surface area contributed by atoms with Gasteiger partial charge in [-0.3, -0.25) is 0 Å². The van der Waals surface area contributed by atoms with E-state index in [1.807, 2.05) is 60.7 Å². The molecule has 0 bridgehead atoms. The normalized spacial score (nSPS) is 17.6. The number of phenols is 2. The van der Waals surface area contributed by atoms with Gasteiger partial charge in [0.05, 0.1) is 0 Å². The van der Waals surface area contributed by atoms with Crippen molar-refractivity contribution in [2.75, 3.05) is 0 Å². The molecule has 1 heterocycles. The topological polar surface area (TPSA) is 40.5 Å². The maximum Gasteiger partial charge on any atom is -0.0866 e. The first-order chi connectivity index (χ1) is 36.9. The van der Waals surface area contributed by atoms with Gasteiger partial charge in [-0.1, -0.05) is 12.1 Å². The summed E-state index contributed by atoms with van der Waals surface area (Å²) in [6, 6.07) is 73.4. The van der Waals surface area contributed by atoms with Crippen LogP contribution >= 0.6 is 15.9 Å². The molecule has 1 fully saturated rings. The molecule has 1 aliphatic carbocycles. The van der Waals surface area contributed by atoms with Gasteiger partial charge in [0, 0.05) is 0 Å². The van der Waals surface area contributed by atoms with Crippen molar-refractivity contribution >= 4 is 63.2 Å². The maximum atomic E-state index is 12.9. The summed E-state index contributed by atoms with van der Waals surface area (Å²) in [5, 5.41) is 34.7. The summed E-state index contributed by atoms with van der Waals surface area (Å²) in [5.41, 5.74) is 7.02. The minimum atomic E-state index is -2.59. The summed E-state index contributed by atoms with van der Waals surface area (Å²) < 4.78 is 0. The Morgan fingerprint density at radius 3 is 0.948 bits per heavy atom. The molecule has 0 amide bonds. The van der Waals surface area contributed by atoms with Crippen molar-refractivity contribution in [2.24, 2.45) is 0 Å². The Hall–Kier alpha value is -5.05. The molecular weight excluding hydrogens is 1040 g/mol. The molecule has 8 aromatic carbocycles. The second-order valence-corrected chi connectivity index (χ2v) is 42.9. The predicted octanol–water partition coefficient (Wildman–Crippen LogP) is 14.9. The Morgan fingerprint density at radius 1 is 0.429 bits per heavy atom. The van der Waals surface area contributed by atoms with E-state index in [4.69, 9.17) is 0 Å². The minimum Gasteiger partial charge on any atom is -0.199 e. The van der Waals surface area contributed by atoms with Crippen molar-refractivity contribution < 1.29 is 25.7 Å². The number of aromatic hydroxyl groups is 2. The summed E-state index contributed by atoms with van der Waals surface area (Å²) in [7, 11) is -4.74. The zero-order valence-electron chi connectivity index (χ0n) is 47.1. The van der Waals surface area contributed by atoms with Crippen LogP contribution in [0.1, 0.15) is 113 Å². The third-order valence-electron chi connectivity index (χ3n) is 16.0. The molecule has 0 aromatic heterocycles. The van der Waals surface area contributed by atoms with Crippen LogP contribution in [0.25, 0.3) is 0 Å². The van der Waals surface area contributed by atoms with Crippen molar-refractivity contribution in [1.82, 2.24) is 0 Å². The number of benzene rings is 8. The average molecular weight is 1120 g/mol. The second kappa shape index (κ2) is 25.8. The third kappa shape index (κ3) is 13.9. The van der Waals surface area contributed by atoms with Crippen LogP contribution in [0.4, 0.5) is 0 Å². The van der Waals surface area contributed by atoms with Crippen molar-refractivity contribution in [3.8, 4) is 11.5 Å². The quantitative estimate of drug-likeness (QED) is 0.0814. The van der Waals surface area contributed by atoms with Crippen LogP contribution in [-0.4, -0.2) is 36.9 Å². The molecule has 4 atom stereocenters. The number of hydrogen-bond acceptors (Lipinski definition) is 2. The van der Waals surface area contributed by atoms with E-state index in [0.29, 0.717) is 22.0 Å². The van der Waals surface area contributed by atoms with E-state index in [-0.39, 0.29) is 26.8 Å². The van der Waals surface area contributed by atoms with Gasteiger partial charge >= 0.3 is 394 Å². The fourth-order valence-electron chi connectivity index (χ4n) is 11.2. The minimum absolute atomic E-state index is 0.0629. The van der Waals surface area contributed by atoms with E-state index >= 15 is 0 Å². The number of hydrogen-bond donors (Lipinski definition) is 2. The van der Waals surface area contributed by atoms with Gasteiger partial charge in [0.25, 0.3) is 0 Å². The van der Waals surface area contributed by atoms with E-state index in [1.165, 1.54) is 81.5 Å². The average Bonchev–Trinajstić information content (AvgIpc) is 3.76. The van der Waals surface area contributed by atoms with E-state index in [1.54, 1.807) is 0 Å². The summed E-state index contributed by atoms with van der Waals surface area (Å²) >= 11 is -0.412. The molecule has 1 aliphatic heterocycles. The first-order valence-corrected chi connectivity index (χ1v) is 39.5. The summed E-state index contributed by atoms with van der Waals surface area (Å²) in [4.78, 5) is 0. The standard InChI is InChI=1S/C56H68O2S2Si2.2C7H7.Ti/c1-55(2,3)43-35-41(53(57)51(37-43)61(7,45-25-15-11-16-26-45)46-27-17-12-18-28-46)39-59-49-33-23-9-10-24-34-50(49)60-40-42-36-44(56(4,5)6)38-52(54(42)58)62(8,47-29-19-13-20-30-47)48-31-21-14-22-32-48;2*1-7-5-3-2-4-6-7;/h11-22,25-32,35-38,49-50,57-58H,9-10,23-24,33-34,39-40H2,1-8H3;2*2-6H,1H2;/q;2*-1;/t49-,50?;;;/m0.../s1. The zero-order chi connectivity index (χ0) is 54.8. The first-order valence-electron chi connectivity index (χ1n) is 27.7. The van der Waals surface area contributed by atoms with Gasteiger partial charge in [0.15, 0.2) is 0 Å². The molecule has 2 N–H and O–H groups in total. The van der Waals surface area contributed by atoms with Crippen molar-refractivity contribution in [3.63, 3.8) is 0 Å². The fourth-order valence-corrected chi connectivity index (χ4v) is 39.5. The Morgan fingerprint density at radius 2 is 0.701 bits per heavy atom. The van der Waals surface area contributed by atoms with Gasteiger partial charge in [0.1, 0.15) is 0 Å². The van der Waals surface area contributed by atoms with Crippen molar-refractivity contribution in [1.29, 1.82) is 0 Å². The molecule has 0 spiro atoms. The fraction of sp³-hybridized carbons (Fsp3) is 0.286. The zero-order valence-corrected chi connectivity index (χ0v) is 52.3. The van der Waals surface area contributed by atoms with Crippen molar-refractivity contribution in [2.45, 2.75) is 126 Å². The van der Waals surface area contributed by atoms with E-state index in [9.17, 15) is 10.2 Å². The molecule has 2 nitrogen and oxygen atoms in total. The van der Waals surface area contributed by atoms with Gasteiger partial charge in [-0.15, -0.1) is 24.3 Å². The van der Waals surface area contributed by atoms with Gasteiger partial charge in [0.2, 0.25) is 0 Å². The molecule has 2 aliphatic rings. The van der Waals surface area contributed by atoms with Crippen LogP contribution in [0.15, 0.2) is 206 Å². The first kappa shape index (κ1) is 58.1. The van der Waals surface area contributed by atoms with Gasteiger partial charge in [-0.25, -0.2) is 0 Å². The molecule has 400 valence electrons. The molecule has 2 unspecified atom stereocenters. The Bertz CT molecular complexity index is 2960. The molecular formula is C70H82O2S2Si2Ti-2. The second-order valence-electron chi connectivity index (χ2n) is 23.5. The van der Waals surface area contributed by atoms with Gasteiger partial charge in [-0.2, -0.15) is 49.2 Å². The Kier molecular flexibility index (Phi) is 19.5. The SMILES string of the molecule is CC(C)(C)c1cc(C[S]2=[Ti]=[S@@](Cc3cc(C(C)(C)C)cc([Si](C)(c4ccccc4)c4ccccc4)c3O)C3CCCCCC[C@@H]32)c(O)c([Si](C)(c2ccccc2)c2ccccc2)c1.[CH2-]c1ccccc1.[CH2-]c1ccccc1. The van der Waals surface area contributed by atoms with E-state index < -0.39 is 31.6 Å². The number of rotatable bonds is 10. The molecule has 0 saturated heterocycles. The maximum absolute atomic E-state index is 12.9. The van der Waals surface area contributed by atoms with Crippen LogP contribution in [0.2, 0.25) is 13.1 Å². The third-order valence-corrected chi connectivity index (χ3v) is 40.8. The largest absolute Gasteiger partial charge is 0.199 e. The predicted molar refractivity (Wildman–Crippen MR) is 340 cm³/mol. The van der Waals surface area contributed by atoms with E-state index in [2.05, 4.69) is 214 Å². The van der Waals surface area contributed by atoms with Gasteiger partial charge < -0.3 is 0 Å². The number of phenolic OH excluding ortho intramolecular Hbond substituents is 2. The molecule has 7 heteroatoms. The van der Waals surface area contributed by atoms with Gasteiger partial charge in [-0.05, 0) is 0 Å². The molecule has 0 radical (unpaired) electrons. The summed E-state index contributed by atoms with van der Waals surface area (Å²) in [6.45, 7) is 26.3. The van der Waals surface area contributed by atoms with E-state index in [0.717, 1.165) is 33.0 Å². The van der Waals surface area contributed by atoms with Crippen LogP contribution in [0, 0.1) is 13.8 Å². The number of fused-ring (bicyclic) bond motifs is 1. The monoisotopic (exact) mass is 1120 g/mol. The summed E-state index contributed by atoms with van der Waals surface area (Å²) in [5.74, 6) is 3.05. The van der Waals surface area contributed by atoms with Crippen LogP contribution in [0.5, 0.6) is 11.5 Å².